The van der Waals surface area contributed by atoms with Crippen LogP contribution < -0.4 is 10.1 Å². The quantitative estimate of drug-likeness (QED) is 0.740. The van der Waals surface area contributed by atoms with Gasteiger partial charge in [0.1, 0.15) is 11.5 Å². The van der Waals surface area contributed by atoms with Gasteiger partial charge in [0.05, 0.1) is 32.1 Å². The summed E-state index contributed by atoms with van der Waals surface area (Å²) >= 11 is 0. The first kappa shape index (κ1) is 13.3. The Labute approximate surface area is 121 Å². The van der Waals surface area contributed by atoms with Crippen LogP contribution in [0.1, 0.15) is 11.6 Å². The summed E-state index contributed by atoms with van der Waals surface area (Å²) in [6, 6.07) is 11.4. The fraction of sp³-hybridized carbons (Fsp3) is 0.214. The lowest BCUT2D eigenvalue weighted by Gasteiger charge is -2.07. The van der Waals surface area contributed by atoms with E-state index in [1.807, 2.05) is 36.4 Å². The number of aromatic nitrogens is 4. The molecule has 0 saturated carbocycles. The molecule has 0 bridgehead atoms. The van der Waals surface area contributed by atoms with Crippen molar-refractivity contribution in [1.82, 2.24) is 25.5 Å². The second-order valence-corrected chi connectivity index (χ2v) is 4.39. The zero-order valence-electron chi connectivity index (χ0n) is 11.6. The van der Waals surface area contributed by atoms with Crippen LogP contribution in [0.3, 0.4) is 0 Å². The van der Waals surface area contributed by atoms with Crippen LogP contribution in [-0.4, -0.2) is 27.3 Å². The first-order chi connectivity index (χ1) is 10.4. The summed E-state index contributed by atoms with van der Waals surface area (Å²) in [5, 5.41) is 15.0. The summed E-state index contributed by atoms with van der Waals surface area (Å²) in [5.41, 5.74) is 0.856. The number of nitrogens with one attached hydrogen (secondary N) is 1. The van der Waals surface area contributed by atoms with E-state index in [9.17, 15) is 0 Å². The molecule has 0 radical (unpaired) electrons. The maximum absolute atomic E-state index is 5.26. The van der Waals surface area contributed by atoms with E-state index in [0.29, 0.717) is 13.1 Å². The predicted octanol–water partition coefficient (Wildman–Crippen LogP) is 1.55. The third-order valence-corrected chi connectivity index (χ3v) is 2.99. The van der Waals surface area contributed by atoms with Gasteiger partial charge in [0.25, 0.3) is 0 Å². The number of methoxy groups -OCH3 is 1. The van der Waals surface area contributed by atoms with Crippen LogP contribution in [0, 0.1) is 0 Å². The fourth-order valence-electron chi connectivity index (χ4n) is 1.97. The number of ether oxygens (including phenoxy) is 1. The molecule has 0 unspecified atom stereocenters. The molecule has 0 spiro atoms. The van der Waals surface area contributed by atoms with E-state index in [-0.39, 0.29) is 0 Å². The third kappa shape index (κ3) is 3.09. The molecule has 0 aliphatic heterocycles. The third-order valence-electron chi connectivity index (χ3n) is 2.99. The Bertz CT molecular complexity index is 693. The van der Waals surface area contributed by atoms with Crippen LogP contribution in [0.25, 0.3) is 5.69 Å². The van der Waals surface area contributed by atoms with Crippen molar-refractivity contribution in [3.8, 4) is 11.4 Å². The number of rotatable bonds is 6. The lowest BCUT2D eigenvalue weighted by molar-refractivity contribution is 0.414. The largest absolute Gasteiger partial charge is 0.497 e. The minimum atomic E-state index is 0.533. The minimum absolute atomic E-state index is 0.533. The molecule has 2 aromatic heterocycles. The summed E-state index contributed by atoms with van der Waals surface area (Å²) in [6.07, 6.45) is 1.65. The molecule has 1 N–H and O–H groups in total. The number of tetrazole rings is 1. The zero-order chi connectivity index (χ0) is 14.5. The summed E-state index contributed by atoms with van der Waals surface area (Å²) in [6.45, 7) is 1.16. The number of benzene rings is 1. The Morgan fingerprint density at radius 1 is 1.24 bits per heavy atom. The standard InChI is InChI=1S/C14H15N5O2/c1-20-12-5-2-4-11(8-12)19-14(16-17-18-19)10-15-9-13-6-3-7-21-13/h2-8,15H,9-10H2,1H3. The van der Waals surface area contributed by atoms with Crippen LogP contribution in [0.15, 0.2) is 47.1 Å². The van der Waals surface area contributed by atoms with Gasteiger partial charge in [0.2, 0.25) is 0 Å². The molecule has 21 heavy (non-hydrogen) atoms. The highest BCUT2D eigenvalue weighted by molar-refractivity contribution is 5.38. The predicted molar refractivity (Wildman–Crippen MR) is 75.0 cm³/mol. The SMILES string of the molecule is COc1cccc(-n2nnnc2CNCc2ccco2)c1. The Morgan fingerprint density at radius 3 is 3.00 bits per heavy atom. The molecule has 0 atom stereocenters. The van der Waals surface area contributed by atoms with E-state index in [1.165, 1.54) is 0 Å². The second-order valence-electron chi connectivity index (χ2n) is 4.39. The Morgan fingerprint density at radius 2 is 2.19 bits per heavy atom. The van der Waals surface area contributed by atoms with E-state index in [4.69, 9.17) is 9.15 Å². The van der Waals surface area contributed by atoms with Crippen molar-refractivity contribution in [2.75, 3.05) is 7.11 Å². The van der Waals surface area contributed by atoms with Gasteiger partial charge in [-0.15, -0.1) is 5.10 Å². The van der Waals surface area contributed by atoms with Gasteiger partial charge in [-0.05, 0) is 34.7 Å². The Kier molecular flexibility index (Phi) is 3.92. The second kappa shape index (κ2) is 6.19. The van der Waals surface area contributed by atoms with E-state index in [1.54, 1.807) is 18.1 Å². The fourth-order valence-corrected chi connectivity index (χ4v) is 1.97. The van der Waals surface area contributed by atoms with Crippen molar-refractivity contribution in [1.29, 1.82) is 0 Å². The molecule has 0 aliphatic rings. The highest BCUT2D eigenvalue weighted by Crippen LogP contribution is 2.16. The van der Waals surface area contributed by atoms with Crippen molar-refractivity contribution < 1.29 is 9.15 Å². The summed E-state index contributed by atoms with van der Waals surface area (Å²) in [7, 11) is 1.63. The maximum atomic E-state index is 5.26. The van der Waals surface area contributed by atoms with Crippen molar-refractivity contribution in [3.63, 3.8) is 0 Å². The molecule has 7 nitrogen and oxygen atoms in total. The Hall–Kier alpha value is -2.67. The molecule has 7 heteroatoms. The lowest BCUT2D eigenvalue weighted by Crippen LogP contribution is -2.16. The topological polar surface area (TPSA) is 78.0 Å². The molecular formula is C14H15N5O2. The molecule has 3 aromatic rings. The van der Waals surface area contributed by atoms with Gasteiger partial charge >= 0.3 is 0 Å². The van der Waals surface area contributed by atoms with E-state index >= 15 is 0 Å². The number of nitrogens with zero attached hydrogens (tertiary/aromatic N) is 4. The van der Waals surface area contributed by atoms with E-state index in [0.717, 1.165) is 23.0 Å². The van der Waals surface area contributed by atoms with Crippen LogP contribution in [0.5, 0.6) is 5.75 Å². The van der Waals surface area contributed by atoms with Crippen LogP contribution in [-0.2, 0) is 13.1 Å². The monoisotopic (exact) mass is 285 g/mol. The van der Waals surface area contributed by atoms with E-state index in [2.05, 4.69) is 20.8 Å². The molecule has 0 amide bonds. The normalized spacial score (nSPS) is 10.7. The van der Waals surface area contributed by atoms with Gasteiger partial charge in [0, 0.05) is 6.07 Å². The first-order valence-electron chi connectivity index (χ1n) is 6.51. The number of hydrogen-bond acceptors (Lipinski definition) is 6. The van der Waals surface area contributed by atoms with Crippen molar-refractivity contribution >= 4 is 0 Å². The molecule has 0 saturated heterocycles. The Balaban J connectivity index is 1.71. The van der Waals surface area contributed by atoms with Crippen LogP contribution in [0.2, 0.25) is 0 Å². The van der Waals surface area contributed by atoms with Gasteiger partial charge in [-0.3, -0.25) is 0 Å². The molecular weight excluding hydrogens is 270 g/mol. The number of furan rings is 1. The first-order valence-corrected chi connectivity index (χ1v) is 6.51. The van der Waals surface area contributed by atoms with Gasteiger partial charge in [-0.2, -0.15) is 4.68 Å². The van der Waals surface area contributed by atoms with Gasteiger partial charge in [-0.25, -0.2) is 0 Å². The zero-order valence-corrected chi connectivity index (χ0v) is 11.6. The molecule has 108 valence electrons. The maximum Gasteiger partial charge on any atom is 0.170 e. The molecule has 2 heterocycles. The molecule has 0 fully saturated rings. The van der Waals surface area contributed by atoms with Crippen molar-refractivity contribution in [2.24, 2.45) is 0 Å². The van der Waals surface area contributed by atoms with Gasteiger partial charge in [-0.1, -0.05) is 6.07 Å². The highest BCUT2D eigenvalue weighted by atomic mass is 16.5. The van der Waals surface area contributed by atoms with Crippen LogP contribution in [0.4, 0.5) is 0 Å². The molecule has 3 rings (SSSR count). The average molecular weight is 285 g/mol. The van der Waals surface area contributed by atoms with E-state index < -0.39 is 0 Å². The molecule has 1 aromatic carbocycles. The van der Waals surface area contributed by atoms with Crippen molar-refractivity contribution in [2.45, 2.75) is 13.1 Å². The smallest absolute Gasteiger partial charge is 0.170 e. The summed E-state index contributed by atoms with van der Waals surface area (Å²) in [5.74, 6) is 2.35. The van der Waals surface area contributed by atoms with Gasteiger partial charge in [0.15, 0.2) is 5.82 Å². The molecule has 0 aliphatic carbocycles. The number of hydrogen-bond donors (Lipinski definition) is 1. The van der Waals surface area contributed by atoms with Crippen molar-refractivity contribution in [3.05, 3.63) is 54.2 Å². The van der Waals surface area contributed by atoms with Gasteiger partial charge < -0.3 is 14.5 Å². The van der Waals surface area contributed by atoms with Crippen LogP contribution >= 0.6 is 0 Å². The lowest BCUT2D eigenvalue weighted by atomic mass is 10.3. The average Bonchev–Trinajstić information content (AvgIpc) is 3.19. The highest BCUT2D eigenvalue weighted by Gasteiger charge is 2.08. The summed E-state index contributed by atoms with van der Waals surface area (Å²) in [4.78, 5) is 0. The summed E-state index contributed by atoms with van der Waals surface area (Å²) < 4.78 is 12.2. The minimum Gasteiger partial charge on any atom is -0.497 e.